The third-order valence-corrected chi connectivity index (χ3v) is 4.49. The Morgan fingerprint density at radius 3 is 2.76 bits per heavy atom. The lowest BCUT2D eigenvalue weighted by atomic mass is 10.2. The van der Waals surface area contributed by atoms with E-state index in [0.717, 1.165) is 16.4 Å². The molecule has 0 aromatic carbocycles. The van der Waals surface area contributed by atoms with Crippen LogP contribution in [-0.4, -0.2) is 14.6 Å². The van der Waals surface area contributed by atoms with Crippen LogP contribution in [0.25, 0.3) is 5.65 Å². The highest BCUT2D eigenvalue weighted by molar-refractivity contribution is 7.99. The number of aromatic nitrogens is 2. The number of nitrogens with two attached hydrogens (primary N) is 1. The van der Waals surface area contributed by atoms with Crippen molar-refractivity contribution in [3.8, 4) is 0 Å². The van der Waals surface area contributed by atoms with Crippen LogP contribution in [0.3, 0.4) is 0 Å². The van der Waals surface area contributed by atoms with E-state index in [0.29, 0.717) is 17.7 Å². The fraction of sp³-hybridized carbons (Fsp3) is 0.462. The van der Waals surface area contributed by atoms with Gasteiger partial charge >= 0.3 is 0 Å². The Kier molecular flexibility index (Phi) is 3.74. The van der Waals surface area contributed by atoms with Gasteiger partial charge in [-0.05, 0) is 18.1 Å². The van der Waals surface area contributed by atoms with E-state index < -0.39 is 0 Å². The number of fused-ring (bicyclic) bond motifs is 1. The van der Waals surface area contributed by atoms with Crippen molar-refractivity contribution in [2.24, 2.45) is 11.7 Å². The van der Waals surface area contributed by atoms with Crippen molar-refractivity contribution >= 4 is 17.4 Å². The van der Waals surface area contributed by atoms with Crippen LogP contribution in [0, 0.1) is 5.92 Å². The smallest absolute Gasteiger partial charge is 0.138 e. The molecule has 0 radical (unpaired) electrons. The van der Waals surface area contributed by atoms with Crippen LogP contribution in [0.15, 0.2) is 29.4 Å². The van der Waals surface area contributed by atoms with Crippen molar-refractivity contribution < 1.29 is 0 Å². The minimum absolute atomic E-state index is 0.526. The Morgan fingerprint density at radius 1 is 1.35 bits per heavy atom. The predicted molar refractivity (Wildman–Crippen MR) is 73.2 cm³/mol. The molecule has 2 aromatic rings. The summed E-state index contributed by atoms with van der Waals surface area (Å²) in [5, 5.41) is 1.62. The van der Waals surface area contributed by atoms with Gasteiger partial charge in [0, 0.05) is 18.0 Å². The van der Waals surface area contributed by atoms with E-state index in [1.165, 1.54) is 0 Å². The molecule has 0 fully saturated rings. The van der Waals surface area contributed by atoms with Crippen LogP contribution in [0.2, 0.25) is 0 Å². The van der Waals surface area contributed by atoms with Gasteiger partial charge in [-0.15, -0.1) is 11.8 Å². The first-order chi connectivity index (χ1) is 8.13. The first-order valence-electron chi connectivity index (χ1n) is 5.96. The summed E-state index contributed by atoms with van der Waals surface area (Å²) in [7, 11) is 0. The Labute approximate surface area is 106 Å². The van der Waals surface area contributed by atoms with Gasteiger partial charge in [-0.3, -0.25) is 0 Å². The molecule has 0 aliphatic heterocycles. The van der Waals surface area contributed by atoms with Crippen LogP contribution >= 0.6 is 11.8 Å². The summed E-state index contributed by atoms with van der Waals surface area (Å²) in [5.74, 6) is 0.635. The molecule has 2 rings (SSSR count). The van der Waals surface area contributed by atoms with Crippen LogP contribution < -0.4 is 5.73 Å². The number of thioether (sulfide) groups is 1. The first-order valence-corrected chi connectivity index (χ1v) is 6.84. The lowest BCUT2D eigenvalue weighted by Crippen LogP contribution is -2.07. The van der Waals surface area contributed by atoms with Crippen LogP contribution in [0.1, 0.15) is 26.5 Å². The molecule has 4 heteroatoms. The summed E-state index contributed by atoms with van der Waals surface area (Å²) < 4.78 is 2.08. The number of imidazole rings is 1. The molecule has 0 aliphatic rings. The maximum absolute atomic E-state index is 5.84. The fourth-order valence-corrected chi connectivity index (χ4v) is 2.71. The lowest BCUT2D eigenvalue weighted by Gasteiger charge is -2.13. The highest BCUT2D eigenvalue weighted by atomic mass is 32.2. The molecule has 3 nitrogen and oxygen atoms in total. The van der Waals surface area contributed by atoms with E-state index in [1.807, 2.05) is 36.2 Å². The average Bonchev–Trinajstić information content (AvgIpc) is 2.65. The van der Waals surface area contributed by atoms with E-state index >= 15 is 0 Å². The molecular formula is C13H19N3S. The zero-order chi connectivity index (χ0) is 12.4. The molecule has 0 saturated heterocycles. The minimum atomic E-state index is 0.526. The highest BCUT2D eigenvalue weighted by Gasteiger charge is 2.16. The van der Waals surface area contributed by atoms with Crippen molar-refractivity contribution in [3.05, 3.63) is 30.1 Å². The second-order valence-electron chi connectivity index (χ2n) is 4.56. The predicted octanol–water partition coefficient (Wildman–Crippen LogP) is 2.93. The Hall–Kier alpha value is -1.00. The van der Waals surface area contributed by atoms with Gasteiger partial charge in [-0.1, -0.05) is 26.8 Å². The third-order valence-electron chi connectivity index (χ3n) is 3.02. The number of pyridine rings is 1. The Balaban J connectivity index is 2.39. The minimum Gasteiger partial charge on any atom is -0.325 e. The highest BCUT2D eigenvalue weighted by Crippen LogP contribution is 2.30. The molecule has 0 aliphatic carbocycles. The fourth-order valence-electron chi connectivity index (χ4n) is 1.62. The van der Waals surface area contributed by atoms with Crippen molar-refractivity contribution in [1.29, 1.82) is 0 Å². The quantitative estimate of drug-likeness (QED) is 0.847. The van der Waals surface area contributed by atoms with E-state index in [-0.39, 0.29) is 0 Å². The summed E-state index contributed by atoms with van der Waals surface area (Å²) in [5.41, 5.74) is 7.93. The van der Waals surface area contributed by atoms with Gasteiger partial charge in [-0.25, -0.2) is 4.98 Å². The zero-order valence-electron chi connectivity index (χ0n) is 10.6. The first kappa shape index (κ1) is 12.5. The van der Waals surface area contributed by atoms with Crippen LogP contribution in [-0.2, 0) is 6.54 Å². The molecule has 1 atom stereocenters. The number of nitrogens with zero attached hydrogens (tertiary/aromatic N) is 2. The van der Waals surface area contributed by atoms with Crippen molar-refractivity contribution in [1.82, 2.24) is 9.38 Å². The molecule has 2 aromatic heterocycles. The third kappa shape index (κ3) is 2.48. The summed E-state index contributed by atoms with van der Waals surface area (Å²) in [4.78, 5) is 4.65. The zero-order valence-corrected chi connectivity index (χ0v) is 11.4. The van der Waals surface area contributed by atoms with E-state index in [4.69, 9.17) is 5.73 Å². The van der Waals surface area contributed by atoms with Gasteiger partial charge in [0.15, 0.2) is 0 Å². The van der Waals surface area contributed by atoms with E-state index in [9.17, 15) is 0 Å². The topological polar surface area (TPSA) is 43.3 Å². The molecule has 2 N–H and O–H groups in total. The number of rotatable bonds is 4. The molecule has 17 heavy (non-hydrogen) atoms. The maximum atomic E-state index is 5.84. The maximum Gasteiger partial charge on any atom is 0.138 e. The average molecular weight is 249 g/mol. The van der Waals surface area contributed by atoms with Gasteiger partial charge in [0.05, 0.1) is 5.69 Å². The van der Waals surface area contributed by atoms with Crippen molar-refractivity contribution in [2.45, 2.75) is 37.6 Å². The normalized spacial score (nSPS) is 13.5. The van der Waals surface area contributed by atoms with Crippen LogP contribution in [0.4, 0.5) is 0 Å². The number of hydrogen-bond donors (Lipinski definition) is 1. The van der Waals surface area contributed by atoms with Gasteiger partial charge in [-0.2, -0.15) is 0 Å². The molecule has 92 valence electrons. The standard InChI is InChI=1S/C13H19N3S/c1-9(2)10(3)17-13-11(8-14)16-7-5-4-6-12(16)15-13/h4-7,9-10H,8,14H2,1-3H3. The Morgan fingerprint density at radius 2 is 2.12 bits per heavy atom. The summed E-state index contributed by atoms with van der Waals surface area (Å²) >= 11 is 1.82. The second-order valence-corrected chi connectivity index (χ2v) is 5.93. The van der Waals surface area contributed by atoms with Gasteiger partial charge in [0.2, 0.25) is 0 Å². The summed E-state index contributed by atoms with van der Waals surface area (Å²) in [6.07, 6.45) is 2.02. The van der Waals surface area contributed by atoms with Gasteiger partial charge in [0.1, 0.15) is 10.7 Å². The molecule has 2 heterocycles. The van der Waals surface area contributed by atoms with Gasteiger partial charge in [0.25, 0.3) is 0 Å². The Bertz CT molecular complexity index is 504. The number of hydrogen-bond acceptors (Lipinski definition) is 3. The summed E-state index contributed by atoms with van der Waals surface area (Å²) in [6.45, 7) is 7.23. The van der Waals surface area contributed by atoms with E-state index in [2.05, 4.69) is 30.2 Å². The molecular weight excluding hydrogens is 230 g/mol. The monoisotopic (exact) mass is 249 g/mol. The molecule has 0 amide bonds. The molecule has 0 bridgehead atoms. The van der Waals surface area contributed by atoms with Crippen LogP contribution in [0.5, 0.6) is 0 Å². The second kappa shape index (κ2) is 5.10. The largest absolute Gasteiger partial charge is 0.325 e. The SMILES string of the molecule is CC(C)C(C)Sc1nc2ccccn2c1CN. The lowest BCUT2D eigenvalue weighted by molar-refractivity contribution is 0.641. The van der Waals surface area contributed by atoms with Crippen molar-refractivity contribution in [2.75, 3.05) is 0 Å². The summed E-state index contributed by atoms with van der Waals surface area (Å²) in [6, 6.07) is 6.03. The molecule has 0 spiro atoms. The van der Waals surface area contributed by atoms with Crippen molar-refractivity contribution in [3.63, 3.8) is 0 Å². The molecule has 1 unspecified atom stereocenters. The van der Waals surface area contributed by atoms with Gasteiger partial charge < -0.3 is 10.1 Å². The molecule has 0 saturated carbocycles. The van der Waals surface area contributed by atoms with E-state index in [1.54, 1.807) is 0 Å².